The Balaban J connectivity index is 4.79. The van der Waals surface area contributed by atoms with E-state index in [-0.39, 0.29) is 19.6 Å². The lowest BCUT2D eigenvalue weighted by Crippen LogP contribution is -2.36. The molecule has 0 aliphatic rings. The second-order valence-electron chi connectivity index (χ2n) is 5.29. The first-order valence-corrected chi connectivity index (χ1v) is 6.25. The van der Waals surface area contributed by atoms with Gasteiger partial charge in [-0.3, -0.25) is 14.4 Å². The molecular formula is C13H22O7. The van der Waals surface area contributed by atoms with Gasteiger partial charge in [-0.25, -0.2) is 0 Å². The number of esters is 1. The number of methoxy groups -OCH3 is 1. The molecule has 20 heavy (non-hydrogen) atoms. The third-order valence-electron chi connectivity index (χ3n) is 3.11. The van der Waals surface area contributed by atoms with E-state index in [1.165, 1.54) is 27.9 Å². The molecule has 7 nitrogen and oxygen atoms in total. The van der Waals surface area contributed by atoms with Crippen molar-refractivity contribution in [1.29, 1.82) is 0 Å². The van der Waals surface area contributed by atoms with Gasteiger partial charge >= 0.3 is 17.9 Å². The van der Waals surface area contributed by atoms with Crippen LogP contribution in [0.3, 0.4) is 0 Å². The van der Waals surface area contributed by atoms with Crippen molar-refractivity contribution in [2.75, 3.05) is 20.3 Å². The first-order chi connectivity index (χ1) is 9.13. The predicted octanol–water partition coefficient (Wildman–Crippen LogP) is 1.01. The number of aliphatic carboxylic acids is 2. The summed E-state index contributed by atoms with van der Waals surface area (Å²) in [5.41, 5.74) is -1.08. The number of carbonyl (C=O) groups excluding carboxylic acids is 1. The molecule has 2 unspecified atom stereocenters. The van der Waals surface area contributed by atoms with Gasteiger partial charge in [-0.05, 0) is 20.3 Å². The Morgan fingerprint density at radius 3 is 2.05 bits per heavy atom. The monoisotopic (exact) mass is 290 g/mol. The number of hydrogen-bond acceptors (Lipinski definition) is 5. The van der Waals surface area contributed by atoms with Crippen LogP contribution in [0.2, 0.25) is 0 Å². The Morgan fingerprint density at radius 1 is 1.10 bits per heavy atom. The molecular weight excluding hydrogens is 268 g/mol. The fourth-order valence-corrected chi connectivity index (χ4v) is 1.70. The standard InChI is InChI=1S/C13H22O7/c1-8(10(14)15)9(11(16)17)7-13(2,3)12(18)20-6-5-19-4/h8-9H,5-7H2,1-4H3,(H,14,15)(H,16,17). The molecule has 0 rings (SSSR count). The number of carboxylic acid groups (broad SMARTS) is 2. The maximum Gasteiger partial charge on any atom is 0.311 e. The highest BCUT2D eigenvalue weighted by molar-refractivity contribution is 5.81. The van der Waals surface area contributed by atoms with E-state index in [2.05, 4.69) is 0 Å². The second-order valence-corrected chi connectivity index (χ2v) is 5.29. The Hall–Kier alpha value is -1.63. The van der Waals surface area contributed by atoms with Gasteiger partial charge in [-0.15, -0.1) is 0 Å². The molecule has 0 aromatic heterocycles. The molecule has 0 fully saturated rings. The summed E-state index contributed by atoms with van der Waals surface area (Å²) in [6, 6.07) is 0. The maximum absolute atomic E-state index is 11.9. The second kappa shape index (κ2) is 7.84. The number of carbonyl (C=O) groups is 3. The van der Waals surface area contributed by atoms with Crippen molar-refractivity contribution in [1.82, 2.24) is 0 Å². The van der Waals surface area contributed by atoms with E-state index in [0.717, 1.165) is 0 Å². The van der Waals surface area contributed by atoms with Gasteiger partial charge in [0.25, 0.3) is 0 Å². The van der Waals surface area contributed by atoms with Crippen molar-refractivity contribution in [2.45, 2.75) is 27.2 Å². The number of ether oxygens (including phenoxy) is 2. The molecule has 0 aliphatic heterocycles. The van der Waals surface area contributed by atoms with Gasteiger partial charge in [-0.2, -0.15) is 0 Å². The van der Waals surface area contributed by atoms with Gasteiger partial charge in [0.05, 0.1) is 23.9 Å². The molecule has 0 spiro atoms. The van der Waals surface area contributed by atoms with Gasteiger partial charge in [0, 0.05) is 7.11 Å². The third-order valence-corrected chi connectivity index (χ3v) is 3.11. The number of hydrogen-bond donors (Lipinski definition) is 2. The third kappa shape index (κ3) is 5.56. The molecule has 2 atom stereocenters. The van der Waals surface area contributed by atoms with E-state index in [9.17, 15) is 14.4 Å². The average Bonchev–Trinajstić information content (AvgIpc) is 2.34. The van der Waals surface area contributed by atoms with E-state index in [4.69, 9.17) is 19.7 Å². The Bertz CT molecular complexity index is 362. The normalized spacial score (nSPS) is 14.4. The van der Waals surface area contributed by atoms with Crippen LogP contribution < -0.4 is 0 Å². The van der Waals surface area contributed by atoms with Crippen LogP contribution in [0.1, 0.15) is 27.2 Å². The topological polar surface area (TPSA) is 110 Å². The summed E-state index contributed by atoms with van der Waals surface area (Å²) in [7, 11) is 1.47. The maximum atomic E-state index is 11.9. The molecule has 2 N–H and O–H groups in total. The van der Waals surface area contributed by atoms with E-state index in [1.807, 2.05) is 0 Å². The zero-order valence-electron chi connectivity index (χ0n) is 12.2. The first kappa shape index (κ1) is 18.4. The molecule has 0 radical (unpaired) electrons. The van der Waals surface area contributed by atoms with Crippen molar-refractivity contribution in [3.05, 3.63) is 0 Å². The number of rotatable bonds is 9. The molecule has 0 saturated heterocycles. The van der Waals surface area contributed by atoms with Crippen LogP contribution in [0.15, 0.2) is 0 Å². The summed E-state index contributed by atoms with van der Waals surface area (Å²) in [4.78, 5) is 34.0. The minimum absolute atomic E-state index is 0.0744. The molecule has 0 bridgehead atoms. The van der Waals surface area contributed by atoms with Gasteiger partial charge in [0.1, 0.15) is 6.61 Å². The van der Waals surface area contributed by atoms with E-state index in [1.54, 1.807) is 0 Å². The highest BCUT2D eigenvalue weighted by atomic mass is 16.6. The lowest BCUT2D eigenvalue weighted by molar-refractivity contribution is -0.161. The summed E-state index contributed by atoms with van der Waals surface area (Å²) in [6.07, 6.45) is -0.110. The Labute approximate surface area is 117 Å². The summed E-state index contributed by atoms with van der Waals surface area (Å²) in [6.45, 7) is 4.70. The van der Waals surface area contributed by atoms with Crippen molar-refractivity contribution >= 4 is 17.9 Å². The zero-order valence-corrected chi connectivity index (χ0v) is 12.2. The molecule has 0 aromatic carbocycles. The minimum Gasteiger partial charge on any atom is -0.481 e. The Morgan fingerprint density at radius 2 is 1.65 bits per heavy atom. The number of carboxylic acids is 2. The van der Waals surface area contributed by atoms with Crippen LogP contribution in [0.25, 0.3) is 0 Å². The quantitative estimate of drug-likeness (QED) is 0.481. The van der Waals surface area contributed by atoms with Crippen LogP contribution in [0.4, 0.5) is 0 Å². The van der Waals surface area contributed by atoms with Gasteiger partial charge < -0.3 is 19.7 Å². The van der Waals surface area contributed by atoms with Crippen LogP contribution >= 0.6 is 0 Å². The predicted molar refractivity (Wildman–Crippen MR) is 69.2 cm³/mol. The van der Waals surface area contributed by atoms with Crippen LogP contribution in [0.5, 0.6) is 0 Å². The molecule has 116 valence electrons. The molecule has 0 heterocycles. The largest absolute Gasteiger partial charge is 0.481 e. The summed E-state index contributed by atoms with van der Waals surface area (Å²) in [5, 5.41) is 18.0. The van der Waals surface area contributed by atoms with E-state index >= 15 is 0 Å². The highest BCUT2D eigenvalue weighted by Crippen LogP contribution is 2.31. The average molecular weight is 290 g/mol. The van der Waals surface area contributed by atoms with Gasteiger partial charge in [0.2, 0.25) is 0 Å². The first-order valence-electron chi connectivity index (χ1n) is 6.25. The fourth-order valence-electron chi connectivity index (χ4n) is 1.70. The Kier molecular flexibility index (Phi) is 7.20. The van der Waals surface area contributed by atoms with Crippen LogP contribution in [0, 0.1) is 17.3 Å². The van der Waals surface area contributed by atoms with E-state index in [0.29, 0.717) is 0 Å². The van der Waals surface area contributed by atoms with Gasteiger partial charge in [0.15, 0.2) is 0 Å². The molecule has 0 saturated carbocycles. The summed E-state index contributed by atoms with van der Waals surface area (Å²) >= 11 is 0. The smallest absolute Gasteiger partial charge is 0.311 e. The van der Waals surface area contributed by atoms with Crippen LogP contribution in [-0.4, -0.2) is 48.4 Å². The van der Waals surface area contributed by atoms with Crippen molar-refractivity contribution in [2.24, 2.45) is 17.3 Å². The van der Waals surface area contributed by atoms with E-state index < -0.39 is 35.2 Å². The van der Waals surface area contributed by atoms with Crippen molar-refractivity contribution in [3.63, 3.8) is 0 Å². The van der Waals surface area contributed by atoms with Gasteiger partial charge in [-0.1, -0.05) is 6.92 Å². The fraction of sp³-hybridized carbons (Fsp3) is 0.769. The lowest BCUT2D eigenvalue weighted by Gasteiger charge is -2.27. The molecule has 7 heteroatoms. The SMILES string of the molecule is COCCOC(=O)C(C)(C)CC(C(=O)O)C(C)C(=O)O. The minimum atomic E-state index is -1.24. The summed E-state index contributed by atoms with van der Waals surface area (Å²) < 4.78 is 9.71. The molecule has 0 aliphatic carbocycles. The van der Waals surface area contributed by atoms with Crippen LogP contribution in [-0.2, 0) is 23.9 Å². The lowest BCUT2D eigenvalue weighted by atomic mass is 9.78. The van der Waals surface area contributed by atoms with Crippen molar-refractivity contribution < 1.29 is 34.1 Å². The molecule has 0 amide bonds. The van der Waals surface area contributed by atoms with Crippen molar-refractivity contribution in [3.8, 4) is 0 Å². The highest BCUT2D eigenvalue weighted by Gasteiger charge is 2.39. The molecule has 0 aromatic rings. The summed E-state index contributed by atoms with van der Waals surface area (Å²) in [5.74, 6) is -5.26. The zero-order chi connectivity index (χ0) is 15.9.